The second kappa shape index (κ2) is 11.3. The van der Waals surface area contributed by atoms with E-state index < -0.39 is 10.0 Å². The standard InChI is InChI=1S/C26H35N3O4S/c1-33-24-11-10-23(19-25(24)34(31,32)29-14-6-3-7-15-29)27-26(30)20-28-16-12-22(13-17-28)18-21-8-4-2-5-9-21/h2,4-5,8-11,19,22H,3,6-7,12-18,20H2,1H3,(H,27,30). The fourth-order valence-corrected chi connectivity index (χ4v) is 6.60. The number of hydrogen-bond acceptors (Lipinski definition) is 5. The van der Waals surface area contributed by atoms with Crippen molar-refractivity contribution in [1.29, 1.82) is 0 Å². The highest BCUT2D eigenvalue weighted by atomic mass is 32.2. The van der Waals surface area contributed by atoms with E-state index in [0.717, 1.165) is 51.6 Å². The lowest BCUT2D eigenvalue weighted by molar-refractivity contribution is -0.117. The number of methoxy groups -OCH3 is 1. The SMILES string of the molecule is COc1ccc(NC(=O)CN2CCC(Cc3ccccc3)CC2)cc1S(=O)(=O)N1CCCCC1. The number of carbonyl (C=O) groups is 1. The number of anilines is 1. The van der Waals surface area contributed by atoms with Crippen LogP contribution in [0.15, 0.2) is 53.4 Å². The zero-order valence-corrected chi connectivity index (χ0v) is 20.7. The molecule has 2 saturated heterocycles. The molecule has 0 radical (unpaired) electrons. The molecule has 0 aromatic heterocycles. The van der Waals surface area contributed by atoms with E-state index in [0.29, 0.717) is 37.0 Å². The summed E-state index contributed by atoms with van der Waals surface area (Å²) in [6, 6.07) is 15.4. The summed E-state index contributed by atoms with van der Waals surface area (Å²) < 4.78 is 33.3. The Kier molecular flexibility index (Phi) is 8.24. The molecule has 0 bridgehead atoms. The quantitative estimate of drug-likeness (QED) is 0.616. The maximum absolute atomic E-state index is 13.2. The molecule has 0 atom stereocenters. The van der Waals surface area contributed by atoms with Gasteiger partial charge in [0.1, 0.15) is 10.6 Å². The van der Waals surface area contributed by atoms with Gasteiger partial charge in [-0.2, -0.15) is 4.31 Å². The van der Waals surface area contributed by atoms with Gasteiger partial charge in [0, 0.05) is 18.8 Å². The smallest absolute Gasteiger partial charge is 0.246 e. The van der Waals surface area contributed by atoms with E-state index in [1.807, 2.05) is 6.07 Å². The number of rotatable bonds is 8. The van der Waals surface area contributed by atoms with Gasteiger partial charge in [-0.05, 0) is 74.9 Å². The Hall–Kier alpha value is -2.42. The highest BCUT2D eigenvalue weighted by Crippen LogP contribution is 2.31. The number of nitrogens with zero attached hydrogens (tertiary/aromatic N) is 2. The molecule has 184 valence electrons. The van der Waals surface area contributed by atoms with Crippen molar-refractivity contribution in [1.82, 2.24) is 9.21 Å². The Labute approximate surface area is 203 Å². The van der Waals surface area contributed by atoms with Crippen molar-refractivity contribution in [2.75, 3.05) is 45.2 Å². The summed E-state index contributed by atoms with van der Waals surface area (Å²) in [5.74, 6) is 0.808. The van der Waals surface area contributed by atoms with Gasteiger partial charge >= 0.3 is 0 Å². The zero-order valence-electron chi connectivity index (χ0n) is 19.9. The summed E-state index contributed by atoms with van der Waals surface area (Å²) in [6.07, 6.45) is 6.00. The maximum Gasteiger partial charge on any atom is 0.246 e. The van der Waals surface area contributed by atoms with E-state index in [1.54, 1.807) is 12.1 Å². The number of carbonyl (C=O) groups excluding carboxylic acids is 1. The lowest BCUT2D eigenvalue weighted by Crippen LogP contribution is -2.39. The molecule has 34 heavy (non-hydrogen) atoms. The molecule has 1 N–H and O–H groups in total. The lowest BCUT2D eigenvalue weighted by Gasteiger charge is -2.31. The molecule has 0 spiro atoms. The Bertz CT molecular complexity index is 1060. The van der Waals surface area contributed by atoms with Crippen molar-refractivity contribution in [3.63, 3.8) is 0 Å². The van der Waals surface area contributed by atoms with Crippen LogP contribution in [0.3, 0.4) is 0 Å². The molecule has 2 aliphatic heterocycles. The van der Waals surface area contributed by atoms with E-state index in [-0.39, 0.29) is 10.8 Å². The molecule has 0 aliphatic carbocycles. The van der Waals surface area contributed by atoms with Crippen LogP contribution in [0.1, 0.15) is 37.7 Å². The van der Waals surface area contributed by atoms with Crippen LogP contribution in [0.5, 0.6) is 5.75 Å². The fraction of sp³-hybridized carbons (Fsp3) is 0.500. The number of ether oxygens (including phenoxy) is 1. The maximum atomic E-state index is 13.2. The van der Waals surface area contributed by atoms with Gasteiger partial charge in [0.2, 0.25) is 15.9 Å². The average Bonchev–Trinajstić information content (AvgIpc) is 2.86. The summed E-state index contributed by atoms with van der Waals surface area (Å²) in [7, 11) is -2.21. The van der Waals surface area contributed by atoms with Crippen molar-refractivity contribution in [2.24, 2.45) is 5.92 Å². The first-order valence-electron chi connectivity index (χ1n) is 12.2. The molecule has 0 unspecified atom stereocenters. The van der Waals surface area contributed by atoms with Gasteiger partial charge in [-0.1, -0.05) is 36.8 Å². The number of hydrogen-bond donors (Lipinski definition) is 1. The number of piperidine rings is 2. The van der Waals surface area contributed by atoms with Crippen LogP contribution in [0, 0.1) is 5.92 Å². The van der Waals surface area contributed by atoms with Crippen LogP contribution in [-0.4, -0.2) is 63.4 Å². The normalized spacial score (nSPS) is 18.5. The third-order valence-corrected chi connectivity index (χ3v) is 8.74. The van der Waals surface area contributed by atoms with E-state index in [4.69, 9.17) is 4.74 Å². The van der Waals surface area contributed by atoms with Gasteiger partial charge < -0.3 is 10.1 Å². The molecule has 2 aromatic carbocycles. The van der Waals surface area contributed by atoms with Crippen LogP contribution in [0.4, 0.5) is 5.69 Å². The Balaban J connectivity index is 1.34. The van der Waals surface area contributed by atoms with Gasteiger partial charge in [-0.15, -0.1) is 0 Å². The number of likely N-dealkylation sites (tertiary alicyclic amines) is 1. The van der Waals surface area contributed by atoms with Gasteiger partial charge in [-0.25, -0.2) is 8.42 Å². The van der Waals surface area contributed by atoms with E-state index in [9.17, 15) is 13.2 Å². The van der Waals surface area contributed by atoms with Crippen LogP contribution >= 0.6 is 0 Å². The zero-order chi connectivity index (χ0) is 24.0. The number of benzene rings is 2. The van der Waals surface area contributed by atoms with Crippen molar-refractivity contribution in [3.05, 3.63) is 54.1 Å². The second-order valence-corrected chi connectivity index (χ2v) is 11.2. The van der Waals surface area contributed by atoms with Gasteiger partial charge in [0.05, 0.1) is 13.7 Å². The third kappa shape index (κ3) is 6.17. The average molecular weight is 486 g/mol. The molecule has 8 heteroatoms. The third-order valence-electron chi connectivity index (χ3n) is 6.82. The van der Waals surface area contributed by atoms with Crippen molar-refractivity contribution < 1.29 is 17.9 Å². The number of sulfonamides is 1. The first-order valence-corrected chi connectivity index (χ1v) is 13.6. The van der Waals surface area contributed by atoms with E-state index in [2.05, 4.69) is 34.5 Å². The lowest BCUT2D eigenvalue weighted by atomic mass is 9.90. The Morgan fingerprint density at radius 1 is 1.00 bits per heavy atom. The van der Waals surface area contributed by atoms with Crippen LogP contribution < -0.4 is 10.1 Å². The van der Waals surface area contributed by atoms with Gasteiger partial charge in [0.25, 0.3) is 0 Å². The van der Waals surface area contributed by atoms with Crippen molar-refractivity contribution in [3.8, 4) is 5.75 Å². The molecule has 2 aliphatic rings. The van der Waals surface area contributed by atoms with Crippen molar-refractivity contribution >= 4 is 21.6 Å². The summed E-state index contributed by atoms with van der Waals surface area (Å²) in [4.78, 5) is 15.0. The van der Waals surface area contributed by atoms with E-state index >= 15 is 0 Å². The largest absolute Gasteiger partial charge is 0.495 e. The summed E-state index contributed by atoms with van der Waals surface area (Å²) in [5, 5.41) is 2.89. The Morgan fingerprint density at radius 2 is 1.71 bits per heavy atom. The molecule has 2 fully saturated rings. The molecular weight excluding hydrogens is 450 g/mol. The minimum absolute atomic E-state index is 0.108. The van der Waals surface area contributed by atoms with Gasteiger partial charge in [-0.3, -0.25) is 9.69 Å². The predicted octanol–water partition coefficient (Wildman–Crippen LogP) is 3.76. The van der Waals surface area contributed by atoms with Crippen molar-refractivity contribution in [2.45, 2.75) is 43.4 Å². The molecular formula is C26H35N3O4S. The topological polar surface area (TPSA) is 79.0 Å². The summed E-state index contributed by atoms with van der Waals surface area (Å²) >= 11 is 0. The molecule has 0 saturated carbocycles. The molecule has 2 aromatic rings. The van der Waals surface area contributed by atoms with Gasteiger partial charge in [0.15, 0.2) is 0 Å². The summed E-state index contributed by atoms with van der Waals surface area (Å²) in [5.41, 5.74) is 1.84. The second-order valence-electron chi connectivity index (χ2n) is 9.29. The highest BCUT2D eigenvalue weighted by molar-refractivity contribution is 7.89. The fourth-order valence-electron chi connectivity index (χ4n) is 4.90. The van der Waals surface area contributed by atoms with Crippen LogP contribution in [0.25, 0.3) is 0 Å². The molecule has 7 nitrogen and oxygen atoms in total. The van der Waals surface area contributed by atoms with Crippen LogP contribution in [-0.2, 0) is 21.2 Å². The predicted molar refractivity (Wildman–Crippen MR) is 134 cm³/mol. The molecule has 2 heterocycles. The minimum Gasteiger partial charge on any atom is -0.495 e. The monoisotopic (exact) mass is 485 g/mol. The van der Waals surface area contributed by atoms with E-state index in [1.165, 1.54) is 23.0 Å². The number of nitrogens with one attached hydrogen (secondary N) is 1. The first-order chi connectivity index (χ1) is 16.5. The minimum atomic E-state index is -3.68. The van der Waals surface area contributed by atoms with Crippen LogP contribution in [0.2, 0.25) is 0 Å². The summed E-state index contributed by atoms with van der Waals surface area (Å²) in [6.45, 7) is 3.12. The molecule has 4 rings (SSSR count). The highest BCUT2D eigenvalue weighted by Gasteiger charge is 2.29. The Morgan fingerprint density at radius 3 is 2.38 bits per heavy atom. The number of amides is 1. The molecule has 1 amide bonds. The first kappa shape index (κ1) is 24.7.